The molecule has 3 atom stereocenters. The summed E-state index contributed by atoms with van der Waals surface area (Å²) in [6.45, 7) is 6.30. The number of halogens is 6. The molecule has 0 saturated carbocycles. The molecule has 0 radical (unpaired) electrons. The summed E-state index contributed by atoms with van der Waals surface area (Å²) in [6, 6.07) is 19.8. The van der Waals surface area contributed by atoms with Crippen molar-refractivity contribution < 1.29 is 37.0 Å². The number of carbonyl (C=O) groups is 2. The lowest BCUT2D eigenvalue weighted by Crippen LogP contribution is -2.28. The monoisotopic (exact) mass is 1460 g/mol. The number of hydrogen-bond acceptors (Lipinski definition) is 20. The van der Waals surface area contributed by atoms with Crippen molar-refractivity contribution in [1.82, 2.24) is 74.4 Å². The number of nitrogens with two attached hydrogens (primary N) is 3. The third kappa shape index (κ3) is 17.3. The van der Waals surface area contributed by atoms with Gasteiger partial charge in [-0.15, -0.1) is 0 Å². The molecule has 0 unspecified atom stereocenters. The van der Waals surface area contributed by atoms with Crippen LogP contribution in [0.2, 0.25) is 0 Å². The number of nitrogens with zero attached hydrogens (tertiary/aromatic N) is 16. The zero-order chi connectivity index (χ0) is 65.0. The van der Waals surface area contributed by atoms with Gasteiger partial charge in [0.1, 0.15) is 68.5 Å². The van der Waals surface area contributed by atoms with Gasteiger partial charge in [0.05, 0.1) is 54.5 Å². The lowest BCUT2D eigenvalue weighted by molar-refractivity contribution is 0.0771. The fourth-order valence-corrected chi connectivity index (χ4v) is 9.94. The van der Waals surface area contributed by atoms with Crippen LogP contribution in [0.15, 0.2) is 101 Å². The summed E-state index contributed by atoms with van der Waals surface area (Å²) in [5, 5.41) is 33.4. The van der Waals surface area contributed by atoms with Gasteiger partial charge in [-0.05, 0) is 149 Å². The van der Waals surface area contributed by atoms with Crippen molar-refractivity contribution in [3.05, 3.63) is 178 Å². The van der Waals surface area contributed by atoms with E-state index in [4.69, 9.17) is 41.9 Å². The van der Waals surface area contributed by atoms with Crippen LogP contribution in [-0.2, 0) is 40.8 Å². The molecular formula is C58H58Br2F3IN20O5. The minimum absolute atomic E-state index is 0.0652. The van der Waals surface area contributed by atoms with Crippen LogP contribution in [0.3, 0.4) is 0 Å². The van der Waals surface area contributed by atoms with Crippen molar-refractivity contribution in [3.8, 4) is 41.0 Å². The Hall–Kier alpha value is -9.31. The number of aryl methyl sites for hydroxylation is 3. The van der Waals surface area contributed by atoms with Crippen LogP contribution in [-0.4, -0.2) is 102 Å². The van der Waals surface area contributed by atoms with E-state index in [2.05, 4.69) is 105 Å². The Balaban J connectivity index is 0.000000179. The largest absolute Gasteiger partial charge is 0.467 e. The first kappa shape index (κ1) is 67.2. The third-order valence-corrected chi connectivity index (χ3v) is 14.7. The fourth-order valence-electron chi connectivity index (χ4n) is 8.64. The minimum Gasteiger partial charge on any atom is -0.467 e. The molecule has 0 aliphatic carbocycles. The molecular weight excluding hydrogens is 1400 g/mol. The molecule has 89 heavy (non-hydrogen) atoms. The smallest absolute Gasteiger partial charge is 0.258 e. The predicted octanol–water partition coefficient (Wildman–Crippen LogP) is 9.02. The highest BCUT2D eigenvalue weighted by Gasteiger charge is 2.27. The molecule has 9 aromatic rings. The zero-order valence-electron chi connectivity index (χ0n) is 49.2. The summed E-state index contributed by atoms with van der Waals surface area (Å²) < 4.78 is 65.0. The van der Waals surface area contributed by atoms with Crippen molar-refractivity contribution in [2.24, 2.45) is 21.1 Å². The van der Waals surface area contributed by atoms with E-state index in [1.54, 1.807) is 89.8 Å². The summed E-state index contributed by atoms with van der Waals surface area (Å²) in [6.07, 6.45) is 4.46. The van der Waals surface area contributed by atoms with Crippen LogP contribution >= 0.6 is 54.5 Å². The van der Waals surface area contributed by atoms with Crippen LogP contribution in [0, 0.1) is 43.7 Å². The summed E-state index contributed by atoms with van der Waals surface area (Å²) in [4.78, 5) is 53.9. The van der Waals surface area contributed by atoms with Crippen molar-refractivity contribution in [2.45, 2.75) is 58.7 Å². The SMILES string of the molecule is CNCc1cc(C#N)n(C)n1.C[C@@H](Oc1nc(Br)cnc1N)c1cc(F)ccc1C(=O)N(C)Cc1cc(C#N)n(C)n1.C[C@@H](Oc1nc(Br)cnc1N)c1cc(F)ccc1I.C[C@H]1Oc2nc(cnc2N)-c2cn(C)nc2CN(C)C(=O)c2ccc(F)cc21. The third-order valence-electron chi connectivity index (χ3n) is 13.0. The quantitative estimate of drug-likeness (QED) is 0.0877. The molecule has 0 saturated heterocycles. The summed E-state index contributed by atoms with van der Waals surface area (Å²) in [5.74, 6) is -1.11. The molecule has 7 heterocycles. The first-order valence-electron chi connectivity index (χ1n) is 26.5. The number of ether oxygens (including phenoxy) is 3. The van der Waals surface area contributed by atoms with Crippen LogP contribution in [0.25, 0.3) is 11.3 Å². The maximum atomic E-state index is 14.0. The summed E-state index contributed by atoms with van der Waals surface area (Å²) in [7, 11) is 10.3. The van der Waals surface area contributed by atoms with Gasteiger partial charge in [-0.1, -0.05) is 0 Å². The van der Waals surface area contributed by atoms with Gasteiger partial charge in [-0.3, -0.25) is 23.6 Å². The van der Waals surface area contributed by atoms with E-state index in [0.717, 1.165) is 20.4 Å². The first-order chi connectivity index (χ1) is 42.3. The Bertz CT molecular complexity index is 4140. The van der Waals surface area contributed by atoms with Gasteiger partial charge >= 0.3 is 0 Å². The molecule has 1 aliphatic rings. The Kier molecular flexibility index (Phi) is 22.7. The van der Waals surface area contributed by atoms with Crippen molar-refractivity contribution in [3.63, 3.8) is 0 Å². The molecule has 0 fully saturated rings. The second kappa shape index (κ2) is 30.1. The molecule has 462 valence electrons. The number of hydrogen-bond donors (Lipinski definition) is 4. The van der Waals surface area contributed by atoms with E-state index in [9.17, 15) is 22.8 Å². The van der Waals surface area contributed by atoms with Gasteiger partial charge < -0.3 is 46.5 Å². The summed E-state index contributed by atoms with van der Waals surface area (Å²) in [5.41, 5.74) is 23.8. The first-order valence-corrected chi connectivity index (χ1v) is 29.2. The Labute approximate surface area is 539 Å². The number of amides is 2. The number of aromatic nitrogens is 12. The molecule has 7 N–H and O–H groups in total. The molecule has 1 aliphatic heterocycles. The van der Waals surface area contributed by atoms with Crippen molar-refractivity contribution in [2.75, 3.05) is 38.3 Å². The molecule has 2 amide bonds. The second-order valence-electron chi connectivity index (χ2n) is 19.6. The van der Waals surface area contributed by atoms with Crippen LogP contribution in [0.4, 0.5) is 30.6 Å². The highest BCUT2D eigenvalue weighted by molar-refractivity contribution is 14.1. The molecule has 2 bridgehead atoms. The fraction of sp³-hybridized carbons (Fsp3) is 0.259. The molecule has 25 nitrogen and oxygen atoms in total. The predicted molar refractivity (Wildman–Crippen MR) is 336 cm³/mol. The van der Waals surface area contributed by atoms with Crippen LogP contribution < -0.4 is 36.7 Å². The summed E-state index contributed by atoms with van der Waals surface area (Å²) >= 11 is 8.52. The molecule has 6 aromatic heterocycles. The normalized spacial score (nSPS) is 13.0. The average molecular weight is 1460 g/mol. The second-order valence-corrected chi connectivity index (χ2v) is 22.4. The van der Waals surface area contributed by atoms with E-state index < -0.39 is 23.8 Å². The van der Waals surface area contributed by atoms with Crippen LogP contribution in [0.1, 0.15) is 105 Å². The Morgan fingerprint density at radius 1 is 0.775 bits per heavy atom. The molecule has 3 aromatic carbocycles. The van der Waals surface area contributed by atoms with E-state index in [1.807, 2.05) is 19.2 Å². The highest BCUT2D eigenvalue weighted by atomic mass is 127. The van der Waals surface area contributed by atoms with E-state index in [-0.39, 0.29) is 77.5 Å². The topological polar surface area (TPSA) is 337 Å². The van der Waals surface area contributed by atoms with Gasteiger partial charge in [0.15, 0.2) is 17.5 Å². The Morgan fingerprint density at radius 3 is 1.91 bits per heavy atom. The highest BCUT2D eigenvalue weighted by Crippen LogP contribution is 2.34. The maximum absolute atomic E-state index is 14.0. The van der Waals surface area contributed by atoms with Gasteiger partial charge in [0, 0.05) is 84.9 Å². The van der Waals surface area contributed by atoms with Gasteiger partial charge in [-0.25, -0.2) is 43.1 Å². The number of nitriles is 2. The zero-order valence-corrected chi connectivity index (χ0v) is 54.5. The van der Waals surface area contributed by atoms with E-state index >= 15 is 0 Å². The minimum atomic E-state index is -0.742. The maximum Gasteiger partial charge on any atom is 0.258 e. The van der Waals surface area contributed by atoms with Gasteiger partial charge in [0.2, 0.25) is 0 Å². The van der Waals surface area contributed by atoms with E-state index in [1.165, 1.54) is 81.6 Å². The van der Waals surface area contributed by atoms with Crippen molar-refractivity contribution >= 4 is 83.7 Å². The van der Waals surface area contributed by atoms with Crippen LogP contribution in [0.5, 0.6) is 17.6 Å². The standard InChI is InChI=1S/C20H19BrFN7O2.C19H19FN6O2.C12H10BrFIN3O.C7H10N4/c1-11(31-19-18(24)25-9-17(21)26-19)16-6-12(22)4-5-15(16)20(30)28(2)10-13-7-14(8-23)29(3)27-13;1-10-13-6-11(20)4-5-12(13)19(27)25(2)9-16-14(8-26(3)24-16)15-7-22-17(21)18(23-15)28-10;1-6(8-4-7(14)2-3-9(8)15)19-12-11(16)17-5-10(13)18-12;1-9-5-6-3-7(4-8)11(2)10-6/h4-7,9,11H,10H2,1-3H3,(H2,24,25);4-8,10H,9H2,1-3H3,(H2,21,22);2-6H,1H3,(H2,16,17);3,9H,5H2,1-2H3/t11-;10-;6-;/m111./s1. The average Bonchev–Trinajstić information content (AvgIpc) is 3.08. The number of carbonyl (C=O) groups excluding carboxylic acids is 2. The van der Waals surface area contributed by atoms with Crippen molar-refractivity contribution in [1.29, 1.82) is 10.5 Å². The number of fused-ring (bicyclic) bond motifs is 5. The lowest BCUT2D eigenvalue weighted by Gasteiger charge is -2.23. The number of nitrogen functional groups attached to an aromatic ring is 3. The van der Waals surface area contributed by atoms with E-state index in [0.29, 0.717) is 60.9 Å². The van der Waals surface area contributed by atoms with Gasteiger partial charge in [0.25, 0.3) is 29.5 Å². The molecule has 31 heteroatoms. The molecule has 10 rings (SSSR count). The van der Waals surface area contributed by atoms with Gasteiger partial charge in [-0.2, -0.15) is 25.8 Å². The lowest BCUT2D eigenvalue weighted by atomic mass is 10.0. The number of rotatable bonds is 11. The number of anilines is 3. The number of nitrogens with one attached hydrogen (secondary N) is 1. The Morgan fingerprint density at radius 2 is 1.31 bits per heavy atom. The number of benzene rings is 3. The molecule has 0 spiro atoms.